The van der Waals surface area contributed by atoms with Gasteiger partial charge < -0.3 is 4.57 Å². The molecule has 4 nitrogen and oxygen atoms in total. The summed E-state index contributed by atoms with van der Waals surface area (Å²) in [5.74, 6) is 0. The van der Waals surface area contributed by atoms with Gasteiger partial charge in [-0.1, -0.05) is 35.9 Å². The Morgan fingerprint density at radius 1 is 0.920 bits per heavy atom. The van der Waals surface area contributed by atoms with Gasteiger partial charge in [0.15, 0.2) is 0 Å². The molecule has 1 heterocycles. The number of para-hydroxylation sites is 1. The summed E-state index contributed by atoms with van der Waals surface area (Å²) in [7, 11) is 0. The molecule has 0 amide bonds. The molecule has 4 aromatic rings. The molecular weight excluding hydrogens is 336 g/mol. The van der Waals surface area contributed by atoms with E-state index in [1.54, 1.807) is 6.07 Å². The van der Waals surface area contributed by atoms with Crippen LogP contribution in [0.25, 0.3) is 27.7 Å². The number of halogens is 1. The molecule has 0 fully saturated rings. The van der Waals surface area contributed by atoms with Crippen LogP contribution in [0, 0.1) is 10.1 Å². The standard InChI is InChI=1S/C20H13ClN2O2/c21-16-7-9-20(23(24)25)18(13-16)14-6-8-19-15(12-14)10-11-22(19)17-4-2-1-3-5-17/h1-13H. The van der Waals surface area contributed by atoms with Crippen LogP contribution >= 0.6 is 11.6 Å². The van der Waals surface area contributed by atoms with E-state index >= 15 is 0 Å². The highest BCUT2D eigenvalue weighted by atomic mass is 35.5. The molecule has 0 N–H and O–H groups in total. The Bertz CT molecular complexity index is 1090. The smallest absolute Gasteiger partial charge is 0.277 e. The van der Waals surface area contributed by atoms with Crippen molar-refractivity contribution in [3.05, 3.63) is 94.1 Å². The van der Waals surface area contributed by atoms with Gasteiger partial charge >= 0.3 is 0 Å². The highest BCUT2D eigenvalue weighted by Crippen LogP contribution is 2.34. The van der Waals surface area contributed by atoms with Crippen molar-refractivity contribution in [2.75, 3.05) is 0 Å². The van der Waals surface area contributed by atoms with E-state index in [0.29, 0.717) is 10.6 Å². The normalized spacial score (nSPS) is 10.9. The van der Waals surface area contributed by atoms with Crippen molar-refractivity contribution in [2.45, 2.75) is 0 Å². The number of benzene rings is 3. The fourth-order valence-electron chi connectivity index (χ4n) is 3.02. The molecule has 4 rings (SSSR count). The molecule has 0 bridgehead atoms. The number of nitro groups is 1. The van der Waals surface area contributed by atoms with Gasteiger partial charge in [0.2, 0.25) is 0 Å². The van der Waals surface area contributed by atoms with Gasteiger partial charge in [0.25, 0.3) is 5.69 Å². The van der Waals surface area contributed by atoms with Gasteiger partial charge in [-0.3, -0.25) is 10.1 Å². The molecule has 0 aliphatic heterocycles. The molecule has 1 aromatic heterocycles. The van der Waals surface area contributed by atoms with Crippen molar-refractivity contribution in [3.63, 3.8) is 0 Å². The summed E-state index contributed by atoms with van der Waals surface area (Å²) < 4.78 is 2.09. The van der Waals surface area contributed by atoms with Crippen LogP contribution in [-0.4, -0.2) is 9.49 Å². The van der Waals surface area contributed by atoms with E-state index in [9.17, 15) is 10.1 Å². The first-order valence-electron chi connectivity index (χ1n) is 7.74. The SMILES string of the molecule is O=[N+]([O-])c1ccc(Cl)cc1-c1ccc2c(ccn2-c2ccccc2)c1. The summed E-state index contributed by atoms with van der Waals surface area (Å²) in [4.78, 5) is 10.9. The fraction of sp³-hybridized carbons (Fsp3) is 0. The van der Waals surface area contributed by atoms with Crippen molar-refractivity contribution < 1.29 is 4.92 Å². The molecule has 0 aliphatic carbocycles. The van der Waals surface area contributed by atoms with Crippen LogP contribution in [0.2, 0.25) is 5.02 Å². The lowest BCUT2D eigenvalue weighted by Crippen LogP contribution is -1.93. The van der Waals surface area contributed by atoms with Gasteiger partial charge in [-0.05, 0) is 48.0 Å². The first-order valence-corrected chi connectivity index (χ1v) is 8.12. The number of rotatable bonds is 3. The number of nitrogens with zero attached hydrogens (tertiary/aromatic N) is 2. The van der Waals surface area contributed by atoms with Gasteiger partial charge in [0.05, 0.1) is 16.0 Å². The monoisotopic (exact) mass is 348 g/mol. The lowest BCUT2D eigenvalue weighted by atomic mass is 10.0. The third-order valence-corrected chi connectivity index (χ3v) is 4.43. The predicted molar refractivity (Wildman–Crippen MR) is 100 cm³/mol. The van der Waals surface area contributed by atoms with Gasteiger partial charge in [0.1, 0.15) is 0 Å². The molecule has 0 saturated heterocycles. The number of nitro benzene ring substituents is 1. The number of aromatic nitrogens is 1. The van der Waals surface area contributed by atoms with Gasteiger partial charge in [-0.2, -0.15) is 0 Å². The zero-order valence-corrected chi connectivity index (χ0v) is 13.9. The van der Waals surface area contributed by atoms with E-state index in [-0.39, 0.29) is 10.6 Å². The fourth-order valence-corrected chi connectivity index (χ4v) is 3.19. The summed E-state index contributed by atoms with van der Waals surface area (Å²) >= 11 is 6.05. The second kappa shape index (κ2) is 6.07. The maximum Gasteiger partial charge on any atom is 0.277 e. The molecule has 0 spiro atoms. The minimum absolute atomic E-state index is 0.0474. The van der Waals surface area contributed by atoms with E-state index in [1.165, 1.54) is 12.1 Å². The second-order valence-corrected chi connectivity index (χ2v) is 6.15. The summed E-state index contributed by atoms with van der Waals surface area (Å²) in [6.45, 7) is 0. The van der Waals surface area contributed by atoms with E-state index in [4.69, 9.17) is 11.6 Å². The quantitative estimate of drug-likeness (QED) is 0.344. The van der Waals surface area contributed by atoms with Gasteiger partial charge in [0, 0.05) is 28.4 Å². The van der Waals surface area contributed by atoms with Crippen molar-refractivity contribution in [2.24, 2.45) is 0 Å². The Morgan fingerprint density at radius 3 is 2.48 bits per heavy atom. The van der Waals surface area contributed by atoms with Crippen molar-refractivity contribution in [1.29, 1.82) is 0 Å². The molecule has 0 unspecified atom stereocenters. The summed E-state index contributed by atoms with van der Waals surface area (Å²) in [5, 5.41) is 12.8. The molecular formula is C20H13ClN2O2. The number of fused-ring (bicyclic) bond motifs is 1. The zero-order chi connectivity index (χ0) is 17.4. The average molecular weight is 349 g/mol. The molecule has 122 valence electrons. The predicted octanol–water partition coefficient (Wildman–Crippen LogP) is 5.86. The number of hydrogen-bond donors (Lipinski definition) is 0. The Balaban J connectivity index is 1.87. The largest absolute Gasteiger partial charge is 0.317 e. The molecule has 5 heteroatoms. The highest BCUT2D eigenvalue weighted by molar-refractivity contribution is 6.31. The van der Waals surface area contributed by atoms with Crippen molar-refractivity contribution in [1.82, 2.24) is 4.57 Å². The summed E-state index contributed by atoms with van der Waals surface area (Å²) in [5.41, 5.74) is 3.45. The van der Waals surface area contributed by atoms with E-state index in [1.807, 2.05) is 60.8 Å². The van der Waals surface area contributed by atoms with Crippen molar-refractivity contribution in [3.8, 4) is 16.8 Å². The van der Waals surface area contributed by atoms with Crippen molar-refractivity contribution >= 4 is 28.2 Å². The van der Waals surface area contributed by atoms with Crippen LogP contribution in [0.4, 0.5) is 5.69 Å². The van der Waals surface area contributed by atoms with E-state index < -0.39 is 0 Å². The third kappa shape index (κ3) is 2.77. The minimum atomic E-state index is -0.384. The average Bonchev–Trinajstić information content (AvgIpc) is 3.05. The second-order valence-electron chi connectivity index (χ2n) is 5.71. The molecule has 0 aliphatic rings. The van der Waals surface area contributed by atoms with Crippen LogP contribution in [0.1, 0.15) is 0 Å². The van der Waals surface area contributed by atoms with Gasteiger partial charge in [-0.25, -0.2) is 0 Å². The first-order chi connectivity index (χ1) is 12.1. The zero-order valence-electron chi connectivity index (χ0n) is 13.1. The lowest BCUT2D eigenvalue weighted by molar-refractivity contribution is -0.384. The van der Waals surface area contributed by atoms with Crippen LogP contribution in [-0.2, 0) is 0 Å². The summed E-state index contributed by atoms with van der Waals surface area (Å²) in [6, 6.07) is 22.5. The third-order valence-electron chi connectivity index (χ3n) is 4.19. The Labute approximate surface area is 149 Å². The summed E-state index contributed by atoms with van der Waals surface area (Å²) in [6.07, 6.45) is 2.00. The minimum Gasteiger partial charge on any atom is -0.317 e. The van der Waals surface area contributed by atoms with Crippen LogP contribution < -0.4 is 0 Å². The molecule has 0 radical (unpaired) electrons. The molecule has 3 aromatic carbocycles. The van der Waals surface area contributed by atoms with E-state index in [2.05, 4.69) is 4.57 Å². The van der Waals surface area contributed by atoms with Crippen LogP contribution in [0.15, 0.2) is 79.0 Å². The number of hydrogen-bond acceptors (Lipinski definition) is 2. The van der Waals surface area contributed by atoms with Crippen LogP contribution in [0.5, 0.6) is 0 Å². The molecule has 0 atom stereocenters. The first kappa shape index (κ1) is 15.4. The molecule has 0 saturated carbocycles. The van der Waals surface area contributed by atoms with E-state index in [0.717, 1.165) is 22.2 Å². The Hall–Kier alpha value is -3.11. The molecule has 25 heavy (non-hydrogen) atoms. The highest BCUT2D eigenvalue weighted by Gasteiger charge is 2.16. The maximum atomic E-state index is 11.3. The Morgan fingerprint density at radius 2 is 1.72 bits per heavy atom. The van der Waals surface area contributed by atoms with Gasteiger partial charge in [-0.15, -0.1) is 0 Å². The topological polar surface area (TPSA) is 48.1 Å². The Kier molecular flexibility index (Phi) is 3.75. The lowest BCUT2D eigenvalue weighted by Gasteiger charge is -2.07. The van der Waals surface area contributed by atoms with Crippen LogP contribution in [0.3, 0.4) is 0 Å². The maximum absolute atomic E-state index is 11.3.